The van der Waals surface area contributed by atoms with Gasteiger partial charge in [0.05, 0.1) is 24.3 Å². The van der Waals surface area contributed by atoms with Gasteiger partial charge in [0.15, 0.2) is 0 Å². The molecule has 0 amide bonds. The van der Waals surface area contributed by atoms with Crippen LogP contribution in [-0.2, 0) is 17.9 Å². The first-order chi connectivity index (χ1) is 16.6. The molecule has 5 rings (SSSR count). The minimum Gasteiger partial charge on any atom is -0.489 e. The van der Waals surface area contributed by atoms with Crippen molar-refractivity contribution < 1.29 is 14.6 Å². The molecular formula is C28H28N2O4. The number of pyridine rings is 2. The van der Waals surface area contributed by atoms with E-state index in [4.69, 9.17) is 9.47 Å². The van der Waals surface area contributed by atoms with Gasteiger partial charge in [-0.3, -0.25) is 9.78 Å². The van der Waals surface area contributed by atoms with E-state index in [1.54, 1.807) is 23.0 Å². The maximum absolute atomic E-state index is 12.8. The number of aliphatic hydroxyl groups is 1. The van der Waals surface area contributed by atoms with Crippen LogP contribution in [0.25, 0.3) is 10.9 Å². The molecule has 34 heavy (non-hydrogen) atoms. The van der Waals surface area contributed by atoms with E-state index < -0.39 is 0 Å². The SMILES string of the molecule is Cc1cc(=O)n(Cc2ccccc2)c2cc(OCc3cncc(C4CC(O)CCO4)c3)ccc12. The van der Waals surface area contributed by atoms with Gasteiger partial charge in [-0.1, -0.05) is 30.3 Å². The van der Waals surface area contributed by atoms with Gasteiger partial charge in [0, 0.05) is 48.5 Å². The van der Waals surface area contributed by atoms with Crippen LogP contribution >= 0.6 is 0 Å². The van der Waals surface area contributed by atoms with E-state index >= 15 is 0 Å². The molecular weight excluding hydrogens is 428 g/mol. The predicted octanol–water partition coefficient (Wildman–Crippen LogP) is 4.54. The van der Waals surface area contributed by atoms with Crippen LogP contribution in [0.2, 0.25) is 0 Å². The molecule has 1 N–H and O–H groups in total. The van der Waals surface area contributed by atoms with E-state index in [9.17, 15) is 9.90 Å². The van der Waals surface area contributed by atoms with Crippen LogP contribution in [0, 0.1) is 6.92 Å². The summed E-state index contributed by atoms with van der Waals surface area (Å²) >= 11 is 0. The van der Waals surface area contributed by atoms with Crippen molar-refractivity contribution in [1.82, 2.24) is 9.55 Å². The van der Waals surface area contributed by atoms with Crippen LogP contribution in [0.5, 0.6) is 5.75 Å². The second-order valence-corrected chi connectivity index (χ2v) is 8.87. The minimum atomic E-state index is -0.340. The highest BCUT2D eigenvalue weighted by molar-refractivity contribution is 5.83. The summed E-state index contributed by atoms with van der Waals surface area (Å²) in [4.78, 5) is 17.2. The van der Waals surface area contributed by atoms with Crippen LogP contribution < -0.4 is 10.3 Å². The van der Waals surface area contributed by atoms with Gasteiger partial charge in [-0.05, 0) is 48.2 Å². The lowest BCUT2D eigenvalue weighted by Gasteiger charge is -2.26. The maximum Gasteiger partial charge on any atom is 0.251 e. The number of fused-ring (bicyclic) bond motifs is 1. The molecule has 174 valence electrons. The minimum absolute atomic E-state index is 0.0300. The molecule has 0 aliphatic carbocycles. The molecule has 1 saturated heterocycles. The Morgan fingerprint density at radius 2 is 1.94 bits per heavy atom. The molecule has 0 bridgehead atoms. The fraction of sp³-hybridized carbons (Fsp3) is 0.286. The first-order valence-corrected chi connectivity index (χ1v) is 11.6. The lowest BCUT2D eigenvalue weighted by atomic mass is 10.00. The van der Waals surface area contributed by atoms with Crippen molar-refractivity contribution >= 4 is 10.9 Å². The number of benzene rings is 2. The molecule has 2 aromatic heterocycles. The van der Waals surface area contributed by atoms with E-state index in [0.717, 1.165) is 33.2 Å². The van der Waals surface area contributed by atoms with Gasteiger partial charge >= 0.3 is 0 Å². The van der Waals surface area contributed by atoms with Crippen LogP contribution in [0.1, 0.15) is 41.2 Å². The largest absolute Gasteiger partial charge is 0.489 e. The number of nitrogens with zero attached hydrogens (tertiary/aromatic N) is 2. The smallest absolute Gasteiger partial charge is 0.251 e. The van der Waals surface area contributed by atoms with Gasteiger partial charge in [-0.15, -0.1) is 0 Å². The molecule has 3 heterocycles. The molecule has 1 aliphatic heterocycles. The van der Waals surface area contributed by atoms with Gasteiger partial charge in [0.1, 0.15) is 12.4 Å². The summed E-state index contributed by atoms with van der Waals surface area (Å²) in [5.74, 6) is 0.689. The third kappa shape index (κ3) is 4.88. The summed E-state index contributed by atoms with van der Waals surface area (Å²) in [6.45, 7) is 3.35. The van der Waals surface area contributed by atoms with Gasteiger partial charge in [0.2, 0.25) is 0 Å². The Hall–Kier alpha value is -3.48. The van der Waals surface area contributed by atoms with Crippen LogP contribution in [0.3, 0.4) is 0 Å². The number of rotatable bonds is 6. The number of hydrogen-bond acceptors (Lipinski definition) is 5. The van der Waals surface area contributed by atoms with Gasteiger partial charge in [-0.2, -0.15) is 0 Å². The van der Waals surface area contributed by atoms with E-state index in [1.165, 1.54) is 0 Å². The number of aliphatic hydroxyl groups excluding tert-OH is 1. The Morgan fingerprint density at radius 3 is 2.76 bits per heavy atom. The van der Waals surface area contributed by atoms with Crippen LogP contribution in [0.15, 0.2) is 77.9 Å². The molecule has 2 atom stereocenters. The third-order valence-corrected chi connectivity index (χ3v) is 6.32. The lowest BCUT2D eigenvalue weighted by molar-refractivity contribution is -0.0449. The Kier molecular flexibility index (Phi) is 6.43. The highest BCUT2D eigenvalue weighted by Crippen LogP contribution is 2.29. The maximum atomic E-state index is 12.8. The van der Waals surface area contributed by atoms with Gasteiger partial charge in [0.25, 0.3) is 5.56 Å². The fourth-order valence-electron chi connectivity index (χ4n) is 4.49. The number of ether oxygens (including phenoxy) is 2. The van der Waals surface area contributed by atoms with Crippen molar-refractivity contribution in [2.45, 2.75) is 45.1 Å². The van der Waals surface area contributed by atoms with Gasteiger partial charge in [-0.25, -0.2) is 0 Å². The molecule has 0 radical (unpaired) electrons. The first kappa shape index (κ1) is 22.3. The molecule has 2 unspecified atom stereocenters. The molecule has 0 saturated carbocycles. The number of aryl methyl sites for hydroxylation is 1. The second-order valence-electron chi connectivity index (χ2n) is 8.87. The molecule has 4 aromatic rings. The van der Waals surface area contributed by atoms with Crippen molar-refractivity contribution in [2.24, 2.45) is 0 Å². The van der Waals surface area contributed by atoms with Crippen molar-refractivity contribution in [3.05, 3.63) is 106 Å². The molecule has 6 nitrogen and oxygen atoms in total. The second kappa shape index (κ2) is 9.79. The summed E-state index contributed by atoms with van der Waals surface area (Å²) in [6.07, 6.45) is 4.32. The Balaban J connectivity index is 1.39. The van der Waals surface area contributed by atoms with Crippen molar-refractivity contribution in [2.75, 3.05) is 6.61 Å². The number of hydrogen-bond donors (Lipinski definition) is 1. The summed E-state index contributed by atoms with van der Waals surface area (Å²) < 4.78 is 13.7. The highest BCUT2D eigenvalue weighted by atomic mass is 16.5. The Bertz CT molecular complexity index is 1350. The van der Waals surface area contributed by atoms with Crippen LogP contribution in [0.4, 0.5) is 0 Å². The van der Waals surface area contributed by atoms with Crippen molar-refractivity contribution in [3.8, 4) is 5.75 Å². The monoisotopic (exact) mass is 456 g/mol. The average molecular weight is 457 g/mol. The quantitative estimate of drug-likeness (QED) is 0.461. The molecule has 0 spiro atoms. The zero-order chi connectivity index (χ0) is 23.5. The van der Waals surface area contributed by atoms with E-state index in [2.05, 4.69) is 4.98 Å². The molecule has 1 fully saturated rings. The summed E-state index contributed by atoms with van der Waals surface area (Å²) in [7, 11) is 0. The van der Waals surface area contributed by atoms with E-state index in [-0.39, 0.29) is 17.8 Å². The Morgan fingerprint density at radius 1 is 1.09 bits per heavy atom. The highest BCUT2D eigenvalue weighted by Gasteiger charge is 2.22. The zero-order valence-electron chi connectivity index (χ0n) is 19.2. The third-order valence-electron chi connectivity index (χ3n) is 6.32. The summed E-state index contributed by atoms with van der Waals surface area (Å²) in [6, 6.07) is 19.6. The van der Waals surface area contributed by atoms with E-state index in [1.807, 2.05) is 61.5 Å². The van der Waals surface area contributed by atoms with Gasteiger partial charge < -0.3 is 19.1 Å². The standard InChI is InChI=1S/C28H28N2O4/c1-19-11-28(32)30(17-20-5-3-2-4-6-20)26-14-24(7-8-25(19)26)34-18-21-12-22(16-29-15-21)27-13-23(31)9-10-33-27/h2-8,11-12,14-16,23,27,31H,9-10,13,17-18H2,1H3. The summed E-state index contributed by atoms with van der Waals surface area (Å²) in [5, 5.41) is 11.0. The summed E-state index contributed by atoms with van der Waals surface area (Å²) in [5.41, 5.74) is 4.71. The first-order valence-electron chi connectivity index (χ1n) is 11.6. The predicted molar refractivity (Wildman–Crippen MR) is 131 cm³/mol. The van der Waals surface area contributed by atoms with Crippen molar-refractivity contribution in [1.29, 1.82) is 0 Å². The zero-order valence-corrected chi connectivity index (χ0v) is 19.2. The number of aromatic nitrogens is 2. The topological polar surface area (TPSA) is 73.6 Å². The average Bonchev–Trinajstić information content (AvgIpc) is 2.86. The fourth-order valence-corrected chi connectivity index (χ4v) is 4.49. The van der Waals surface area contributed by atoms with Crippen LogP contribution in [-0.4, -0.2) is 27.4 Å². The normalized spacial score (nSPS) is 18.2. The van der Waals surface area contributed by atoms with E-state index in [0.29, 0.717) is 38.3 Å². The lowest BCUT2D eigenvalue weighted by Crippen LogP contribution is -2.23. The molecule has 1 aliphatic rings. The van der Waals surface area contributed by atoms with Crippen molar-refractivity contribution in [3.63, 3.8) is 0 Å². The molecule has 2 aromatic carbocycles. The molecule has 6 heteroatoms. The Labute approximate surface area is 198 Å².